The third-order valence-corrected chi connectivity index (χ3v) is 3.58. The third kappa shape index (κ3) is 4.10. The van der Waals surface area contributed by atoms with E-state index < -0.39 is 5.91 Å². The molecule has 0 bridgehead atoms. The zero-order chi connectivity index (χ0) is 18.5. The van der Waals surface area contributed by atoms with Crippen molar-refractivity contribution in [3.63, 3.8) is 0 Å². The molecule has 3 N–H and O–H groups in total. The van der Waals surface area contributed by atoms with Gasteiger partial charge in [0.1, 0.15) is 5.65 Å². The molecule has 10 heteroatoms. The molecule has 0 unspecified atom stereocenters. The molecule has 0 atom stereocenters. The van der Waals surface area contributed by atoms with Crippen molar-refractivity contribution in [3.8, 4) is 0 Å². The molecule has 3 aromatic rings. The minimum atomic E-state index is -0.420. The first kappa shape index (κ1) is 17.7. The molecule has 0 spiro atoms. The normalized spacial score (nSPS) is 11.0. The van der Waals surface area contributed by atoms with Gasteiger partial charge in [-0.3, -0.25) is 9.59 Å². The second kappa shape index (κ2) is 7.85. The van der Waals surface area contributed by atoms with Gasteiger partial charge in [0.05, 0.1) is 50.1 Å². The van der Waals surface area contributed by atoms with E-state index in [1.54, 1.807) is 12.1 Å². The fourth-order valence-corrected chi connectivity index (χ4v) is 2.30. The second-order valence-electron chi connectivity index (χ2n) is 5.56. The highest BCUT2D eigenvalue weighted by atomic mass is 16.5. The Kier molecular flexibility index (Phi) is 5.34. The fourth-order valence-electron chi connectivity index (χ4n) is 2.30. The zero-order valence-electron chi connectivity index (χ0n) is 14.1. The number of aromatic amines is 1. The van der Waals surface area contributed by atoms with Crippen molar-refractivity contribution in [2.24, 2.45) is 0 Å². The number of rotatable bonds is 8. The summed E-state index contributed by atoms with van der Waals surface area (Å²) in [6, 6.07) is 3.40. The smallest absolute Gasteiger partial charge is 0.277 e. The van der Waals surface area contributed by atoms with Gasteiger partial charge in [-0.1, -0.05) is 5.21 Å². The summed E-state index contributed by atoms with van der Waals surface area (Å²) < 4.78 is 6.62. The first-order chi connectivity index (χ1) is 12.6. The Balaban J connectivity index is 1.65. The summed E-state index contributed by atoms with van der Waals surface area (Å²) in [6.45, 7) is 2.45. The third-order valence-electron chi connectivity index (χ3n) is 3.58. The van der Waals surface area contributed by atoms with Crippen LogP contribution in [0.4, 0.5) is 5.69 Å². The van der Waals surface area contributed by atoms with Gasteiger partial charge in [-0.2, -0.15) is 0 Å². The van der Waals surface area contributed by atoms with Crippen LogP contribution in [-0.2, 0) is 11.3 Å². The Labute approximate surface area is 148 Å². The van der Waals surface area contributed by atoms with Gasteiger partial charge >= 0.3 is 0 Å². The van der Waals surface area contributed by atoms with Crippen LogP contribution in [0.25, 0.3) is 11.0 Å². The number of Topliss-reactive ketones (excluding diaryl/α,β-unsaturated/α-hetero) is 1. The molecule has 0 aliphatic rings. The lowest BCUT2D eigenvalue weighted by molar-refractivity contribution is 0.0851. The molecule has 1 amide bonds. The number of carbonyl (C=O) groups is 2. The molecule has 0 saturated carbocycles. The van der Waals surface area contributed by atoms with Gasteiger partial charge in [0, 0.05) is 12.3 Å². The predicted molar refractivity (Wildman–Crippen MR) is 92.0 cm³/mol. The average molecular weight is 358 g/mol. The lowest BCUT2D eigenvalue weighted by atomic mass is 10.2. The van der Waals surface area contributed by atoms with Gasteiger partial charge in [-0.25, -0.2) is 9.67 Å². The lowest BCUT2D eigenvalue weighted by Crippen LogP contribution is -2.12. The molecule has 0 aliphatic carbocycles. The molecule has 3 heterocycles. The van der Waals surface area contributed by atoms with Crippen LogP contribution in [0, 0.1) is 0 Å². The number of carbonyl (C=O) groups excluding carboxylic acids is 2. The minimum Gasteiger partial charge on any atom is -0.394 e. The number of ether oxygens (including phenoxy) is 1. The van der Waals surface area contributed by atoms with E-state index in [0.29, 0.717) is 30.2 Å². The van der Waals surface area contributed by atoms with E-state index in [4.69, 9.17) is 9.84 Å². The van der Waals surface area contributed by atoms with E-state index >= 15 is 0 Å². The number of fused-ring (bicyclic) bond motifs is 1. The van der Waals surface area contributed by atoms with E-state index in [2.05, 4.69) is 25.6 Å². The van der Waals surface area contributed by atoms with Gasteiger partial charge in [0.15, 0.2) is 11.5 Å². The number of nitrogens with one attached hydrogen (secondary N) is 2. The number of amides is 1. The largest absolute Gasteiger partial charge is 0.394 e. The molecule has 10 nitrogen and oxygen atoms in total. The van der Waals surface area contributed by atoms with Gasteiger partial charge in [0.25, 0.3) is 5.91 Å². The van der Waals surface area contributed by atoms with Crippen molar-refractivity contribution in [1.82, 2.24) is 25.0 Å². The Hall–Kier alpha value is -3.11. The molecule has 0 aliphatic heterocycles. The predicted octanol–water partition coefficient (Wildman–Crippen LogP) is 0.618. The molecule has 0 aromatic carbocycles. The molecular formula is C16H18N6O4. The second-order valence-corrected chi connectivity index (χ2v) is 5.56. The molecule has 3 aromatic heterocycles. The number of ketones is 1. The summed E-state index contributed by atoms with van der Waals surface area (Å²) in [4.78, 5) is 30.8. The van der Waals surface area contributed by atoms with Gasteiger partial charge in [-0.15, -0.1) is 5.10 Å². The Bertz CT molecular complexity index is 932. The van der Waals surface area contributed by atoms with Crippen molar-refractivity contribution >= 4 is 28.4 Å². The first-order valence-electron chi connectivity index (χ1n) is 7.96. The van der Waals surface area contributed by atoms with E-state index in [9.17, 15) is 9.59 Å². The molecule has 136 valence electrons. The quantitative estimate of drug-likeness (QED) is 0.397. The minimum absolute atomic E-state index is 0.0432. The number of aromatic nitrogens is 5. The van der Waals surface area contributed by atoms with Crippen LogP contribution in [0.5, 0.6) is 0 Å². The molecule has 3 rings (SSSR count). The zero-order valence-corrected chi connectivity index (χ0v) is 14.1. The van der Waals surface area contributed by atoms with Gasteiger partial charge in [-0.05, 0) is 12.1 Å². The van der Waals surface area contributed by atoms with Crippen molar-refractivity contribution in [3.05, 3.63) is 35.9 Å². The maximum Gasteiger partial charge on any atom is 0.277 e. The molecular weight excluding hydrogens is 340 g/mol. The number of aliphatic hydroxyl groups excluding tert-OH is 1. The Morgan fingerprint density at radius 1 is 1.35 bits per heavy atom. The summed E-state index contributed by atoms with van der Waals surface area (Å²) >= 11 is 0. The van der Waals surface area contributed by atoms with Gasteiger partial charge in [0.2, 0.25) is 0 Å². The van der Waals surface area contributed by atoms with E-state index in [0.717, 1.165) is 5.39 Å². The monoisotopic (exact) mass is 358 g/mol. The number of hydrogen-bond donors (Lipinski definition) is 3. The number of nitrogens with zero attached hydrogens (tertiary/aromatic N) is 4. The van der Waals surface area contributed by atoms with Crippen LogP contribution in [0.15, 0.2) is 24.5 Å². The van der Waals surface area contributed by atoms with Crippen LogP contribution >= 0.6 is 0 Å². The molecule has 0 saturated heterocycles. The summed E-state index contributed by atoms with van der Waals surface area (Å²) in [5.41, 5.74) is 1.67. The molecule has 26 heavy (non-hydrogen) atoms. The topological polar surface area (TPSA) is 135 Å². The first-order valence-corrected chi connectivity index (χ1v) is 7.96. The Morgan fingerprint density at radius 3 is 2.96 bits per heavy atom. The fraction of sp³-hybridized carbons (Fsp3) is 0.312. The van der Waals surface area contributed by atoms with Crippen LogP contribution in [0.1, 0.15) is 27.9 Å². The number of H-pyrrole nitrogens is 1. The highest BCUT2D eigenvalue weighted by Crippen LogP contribution is 2.18. The van der Waals surface area contributed by atoms with Crippen molar-refractivity contribution < 1.29 is 19.4 Å². The highest BCUT2D eigenvalue weighted by molar-refractivity contribution is 6.03. The lowest BCUT2D eigenvalue weighted by Gasteiger charge is -2.02. The number of aliphatic hydroxyl groups is 1. The van der Waals surface area contributed by atoms with Crippen molar-refractivity contribution in [2.45, 2.75) is 13.5 Å². The van der Waals surface area contributed by atoms with Gasteiger partial charge < -0.3 is 20.1 Å². The average Bonchev–Trinajstić information content (AvgIpc) is 3.25. The van der Waals surface area contributed by atoms with Crippen molar-refractivity contribution in [2.75, 3.05) is 25.1 Å². The SMILES string of the molecule is CC(=O)c1cc2cc(NC(=O)c3cn(CCOCCO)nn3)cnc2[nH]1. The standard InChI is InChI=1S/C16H18N6O4/c1-10(24)13-7-11-6-12(8-17-15(11)19-13)18-16(25)14-9-22(21-20-14)2-4-26-5-3-23/h6-9,23H,2-5H2,1H3,(H,17,19)(H,18,25). The molecule has 0 radical (unpaired) electrons. The summed E-state index contributed by atoms with van der Waals surface area (Å²) in [5, 5.41) is 19.7. The number of pyridine rings is 1. The summed E-state index contributed by atoms with van der Waals surface area (Å²) in [6.07, 6.45) is 3.00. The maximum absolute atomic E-state index is 12.3. The van der Waals surface area contributed by atoms with E-state index in [1.807, 2.05) is 0 Å². The summed E-state index contributed by atoms with van der Waals surface area (Å²) in [7, 11) is 0. The molecule has 0 fully saturated rings. The Morgan fingerprint density at radius 2 is 2.19 bits per heavy atom. The number of anilines is 1. The number of hydrogen-bond acceptors (Lipinski definition) is 7. The van der Waals surface area contributed by atoms with E-state index in [1.165, 1.54) is 24.0 Å². The van der Waals surface area contributed by atoms with Crippen molar-refractivity contribution in [1.29, 1.82) is 0 Å². The highest BCUT2D eigenvalue weighted by Gasteiger charge is 2.13. The summed E-state index contributed by atoms with van der Waals surface area (Å²) in [5.74, 6) is -0.510. The maximum atomic E-state index is 12.3. The van der Waals surface area contributed by atoms with Crippen LogP contribution in [0.3, 0.4) is 0 Å². The van der Waals surface area contributed by atoms with E-state index in [-0.39, 0.29) is 24.7 Å². The van der Waals surface area contributed by atoms with Crippen LogP contribution < -0.4 is 5.32 Å². The van der Waals surface area contributed by atoms with Crippen LogP contribution in [0.2, 0.25) is 0 Å². The van der Waals surface area contributed by atoms with Crippen LogP contribution in [-0.4, -0.2) is 61.6 Å².